The molecule has 4 rings (SSSR count). The molecule has 0 atom stereocenters. The van der Waals surface area contributed by atoms with Crippen LogP contribution in [0.4, 0.5) is 8.78 Å². The number of carbonyl (C=O) groups is 1. The molecule has 0 unspecified atom stereocenters. The number of rotatable bonds is 3. The lowest BCUT2D eigenvalue weighted by atomic mass is 10.0. The molecule has 118 valence electrons. The highest BCUT2D eigenvalue weighted by atomic mass is 19.1. The van der Waals surface area contributed by atoms with E-state index in [0.29, 0.717) is 22.4 Å². The number of aromatic nitrogens is 3. The molecule has 0 saturated carbocycles. The third-order valence-electron chi connectivity index (χ3n) is 3.68. The Bertz CT molecular complexity index is 1030. The van der Waals surface area contributed by atoms with Crippen LogP contribution in [0.5, 0.6) is 0 Å². The lowest BCUT2D eigenvalue weighted by molar-refractivity contribution is 0.103. The average Bonchev–Trinajstić information content (AvgIpc) is 3.23. The van der Waals surface area contributed by atoms with Gasteiger partial charge in [0, 0.05) is 28.9 Å². The number of ketones is 1. The van der Waals surface area contributed by atoms with Gasteiger partial charge >= 0.3 is 0 Å². The summed E-state index contributed by atoms with van der Waals surface area (Å²) in [5.74, 6) is -2.10. The van der Waals surface area contributed by atoms with Gasteiger partial charge in [0.2, 0.25) is 5.78 Å². The number of fused-ring (bicyclic) bond motifs is 1. The van der Waals surface area contributed by atoms with Crippen LogP contribution in [0.25, 0.3) is 22.4 Å². The first-order valence-corrected chi connectivity index (χ1v) is 7.00. The number of hydrogen-bond donors (Lipinski definition) is 1. The minimum Gasteiger partial charge on any atom is -0.443 e. The molecule has 0 radical (unpaired) electrons. The summed E-state index contributed by atoms with van der Waals surface area (Å²) >= 11 is 0. The minimum absolute atomic E-state index is 0.128. The molecule has 4 aromatic rings. The van der Waals surface area contributed by atoms with E-state index in [4.69, 9.17) is 4.42 Å². The summed E-state index contributed by atoms with van der Waals surface area (Å²) in [6.45, 7) is 0. The number of aromatic amines is 1. The van der Waals surface area contributed by atoms with Gasteiger partial charge < -0.3 is 9.40 Å². The van der Waals surface area contributed by atoms with Crippen molar-refractivity contribution in [2.24, 2.45) is 0 Å². The molecule has 5 nitrogen and oxygen atoms in total. The Morgan fingerprint density at radius 1 is 1.17 bits per heavy atom. The zero-order valence-electron chi connectivity index (χ0n) is 12.1. The molecule has 1 aromatic carbocycles. The van der Waals surface area contributed by atoms with E-state index in [9.17, 15) is 13.6 Å². The predicted octanol–water partition coefficient (Wildman–Crippen LogP) is 3.73. The first-order valence-electron chi connectivity index (χ1n) is 7.00. The van der Waals surface area contributed by atoms with E-state index in [0.717, 1.165) is 12.1 Å². The Hall–Kier alpha value is -3.35. The van der Waals surface area contributed by atoms with E-state index in [2.05, 4.69) is 15.0 Å². The van der Waals surface area contributed by atoms with Crippen molar-refractivity contribution < 1.29 is 18.0 Å². The van der Waals surface area contributed by atoms with Crippen LogP contribution in [0.15, 0.2) is 53.7 Å². The van der Waals surface area contributed by atoms with Crippen molar-refractivity contribution in [3.05, 3.63) is 72.0 Å². The standard InChI is InChI=1S/C17H9F2N3O2/c18-12-2-1-3-13(19)15(12)16(23)11-6-22-17-10(11)4-9(5-21-17)14-7-20-8-24-14/h1-8H,(H,21,22). The van der Waals surface area contributed by atoms with Crippen LogP contribution >= 0.6 is 0 Å². The largest absolute Gasteiger partial charge is 0.443 e. The number of oxazole rings is 1. The number of nitrogens with zero attached hydrogens (tertiary/aromatic N) is 2. The zero-order chi connectivity index (χ0) is 16.7. The number of halogens is 2. The van der Waals surface area contributed by atoms with Gasteiger partial charge in [-0.15, -0.1) is 0 Å². The fraction of sp³-hybridized carbons (Fsp3) is 0. The molecule has 7 heteroatoms. The highest BCUT2D eigenvalue weighted by Crippen LogP contribution is 2.27. The Kier molecular flexibility index (Phi) is 3.19. The van der Waals surface area contributed by atoms with Crippen molar-refractivity contribution in [3.8, 4) is 11.3 Å². The highest BCUT2D eigenvalue weighted by Gasteiger charge is 2.22. The maximum Gasteiger partial charge on any atom is 0.201 e. The molecular weight excluding hydrogens is 316 g/mol. The fourth-order valence-electron chi connectivity index (χ4n) is 2.53. The number of H-pyrrole nitrogens is 1. The quantitative estimate of drug-likeness (QED) is 0.583. The maximum atomic E-state index is 13.9. The van der Waals surface area contributed by atoms with Gasteiger partial charge in [-0.1, -0.05) is 6.07 Å². The predicted molar refractivity (Wildman–Crippen MR) is 81.4 cm³/mol. The summed E-state index contributed by atoms with van der Waals surface area (Å²) in [4.78, 5) is 23.4. The number of benzene rings is 1. The number of pyridine rings is 1. The van der Waals surface area contributed by atoms with Gasteiger partial charge in [0.25, 0.3) is 0 Å². The van der Waals surface area contributed by atoms with E-state index in [1.54, 1.807) is 12.3 Å². The lowest BCUT2D eigenvalue weighted by Gasteiger charge is -2.03. The van der Waals surface area contributed by atoms with Crippen molar-refractivity contribution in [1.82, 2.24) is 15.0 Å². The molecule has 1 N–H and O–H groups in total. The van der Waals surface area contributed by atoms with Crippen molar-refractivity contribution in [2.45, 2.75) is 0 Å². The summed E-state index contributed by atoms with van der Waals surface area (Å²) in [6, 6.07) is 4.96. The van der Waals surface area contributed by atoms with Crippen molar-refractivity contribution in [3.63, 3.8) is 0 Å². The van der Waals surface area contributed by atoms with Gasteiger partial charge in [-0.25, -0.2) is 18.7 Å². The monoisotopic (exact) mass is 325 g/mol. The number of hydrogen-bond acceptors (Lipinski definition) is 4. The molecule has 0 aliphatic rings. The van der Waals surface area contributed by atoms with Crippen molar-refractivity contribution >= 4 is 16.8 Å². The highest BCUT2D eigenvalue weighted by molar-refractivity contribution is 6.16. The van der Waals surface area contributed by atoms with Crippen LogP contribution in [-0.2, 0) is 0 Å². The van der Waals surface area contributed by atoms with Crippen LogP contribution in [0, 0.1) is 11.6 Å². The topological polar surface area (TPSA) is 71.8 Å². The SMILES string of the molecule is O=C(c1c(F)cccc1F)c1c[nH]c2ncc(-c3cnco3)cc12. The van der Waals surface area contributed by atoms with Crippen LogP contribution in [0.3, 0.4) is 0 Å². The smallest absolute Gasteiger partial charge is 0.201 e. The summed E-state index contributed by atoms with van der Waals surface area (Å²) in [5.41, 5.74) is 0.562. The second-order valence-electron chi connectivity index (χ2n) is 5.11. The van der Waals surface area contributed by atoms with Crippen LogP contribution in [-0.4, -0.2) is 20.7 Å². The molecule has 24 heavy (non-hydrogen) atoms. The summed E-state index contributed by atoms with van der Waals surface area (Å²) in [7, 11) is 0. The zero-order valence-corrected chi connectivity index (χ0v) is 12.1. The van der Waals surface area contributed by atoms with E-state index in [-0.39, 0.29) is 5.56 Å². The molecule has 0 bridgehead atoms. The normalized spacial score (nSPS) is 11.1. The van der Waals surface area contributed by atoms with Crippen molar-refractivity contribution in [1.29, 1.82) is 0 Å². The molecular formula is C17H9F2N3O2. The second-order valence-corrected chi connectivity index (χ2v) is 5.11. The molecule has 0 saturated heterocycles. The summed E-state index contributed by atoms with van der Waals surface area (Å²) < 4.78 is 33.0. The second kappa shape index (κ2) is 5.38. The fourth-order valence-corrected chi connectivity index (χ4v) is 2.53. The van der Waals surface area contributed by atoms with E-state index < -0.39 is 23.0 Å². The van der Waals surface area contributed by atoms with Gasteiger partial charge in [-0.2, -0.15) is 0 Å². The first kappa shape index (κ1) is 14.3. The third-order valence-corrected chi connectivity index (χ3v) is 3.68. The third kappa shape index (κ3) is 2.18. The molecule has 3 heterocycles. The van der Waals surface area contributed by atoms with Gasteiger partial charge in [-0.05, 0) is 18.2 Å². The molecule has 0 aliphatic carbocycles. The van der Waals surface area contributed by atoms with Gasteiger partial charge in [0.1, 0.15) is 17.3 Å². The number of nitrogens with one attached hydrogen (secondary N) is 1. The Morgan fingerprint density at radius 2 is 1.96 bits per heavy atom. The molecule has 0 aliphatic heterocycles. The van der Waals surface area contributed by atoms with Crippen molar-refractivity contribution in [2.75, 3.05) is 0 Å². The van der Waals surface area contributed by atoms with Crippen LogP contribution in [0.1, 0.15) is 15.9 Å². The first-order chi connectivity index (χ1) is 11.6. The van der Waals surface area contributed by atoms with Crippen LogP contribution in [0.2, 0.25) is 0 Å². The number of carbonyl (C=O) groups excluding carboxylic acids is 1. The Morgan fingerprint density at radius 3 is 2.67 bits per heavy atom. The Balaban J connectivity index is 1.88. The Labute approximate surface area is 134 Å². The van der Waals surface area contributed by atoms with Crippen LogP contribution < -0.4 is 0 Å². The van der Waals surface area contributed by atoms with E-state index in [1.165, 1.54) is 24.9 Å². The van der Waals surface area contributed by atoms with Gasteiger partial charge in [-0.3, -0.25) is 4.79 Å². The molecule has 0 amide bonds. The minimum atomic E-state index is -0.909. The molecule has 0 fully saturated rings. The lowest BCUT2D eigenvalue weighted by Crippen LogP contribution is -2.06. The maximum absolute atomic E-state index is 13.9. The van der Waals surface area contributed by atoms with Gasteiger partial charge in [0.15, 0.2) is 12.2 Å². The molecule has 0 spiro atoms. The summed E-state index contributed by atoms with van der Waals surface area (Å²) in [5, 5.41) is 0.441. The average molecular weight is 325 g/mol. The van der Waals surface area contributed by atoms with Gasteiger partial charge in [0.05, 0.1) is 11.8 Å². The summed E-state index contributed by atoms with van der Waals surface area (Å²) in [6.07, 6.45) is 5.72. The van der Waals surface area contributed by atoms with E-state index >= 15 is 0 Å². The molecule has 3 aromatic heterocycles. The van der Waals surface area contributed by atoms with E-state index in [1.807, 2.05) is 0 Å².